The van der Waals surface area contributed by atoms with E-state index in [2.05, 4.69) is 0 Å². The fourth-order valence-electron chi connectivity index (χ4n) is 1.22. The van der Waals surface area contributed by atoms with E-state index >= 15 is 0 Å². The van der Waals surface area contributed by atoms with E-state index in [1.807, 2.05) is 0 Å². The highest BCUT2D eigenvalue weighted by Gasteiger charge is 2.20. The van der Waals surface area contributed by atoms with E-state index in [1.165, 1.54) is 19.0 Å². The highest BCUT2D eigenvalue weighted by Crippen LogP contribution is 2.25. The molecule has 4 nitrogen and oxygen atoms in total. The van der Waals surface area contributed by atoms with Gasteiger partial charge in [-0.25, -0.2) is 13.6 Å². The molecule has 16 heavy (non-hydrogen) atoms. The van der Waals surface area contributed by atoms with Crippen molar-refractivity contribution in [2.75, 3.05) is 19.0 Å². The molecule has 1 unspecified atom stereocenters. The van der Waals surface area contributed by atoms with Gasteiger partial charge in [0, 0.05) is 14.1 Å². The summed E-state index contributed by atoms with van der Waals surface area (Å²) in [4.78, 5) is 11.8. The maximum absolute atomic E-state index is 13.3. The highest BCUT2D eigenvalue weighted by molar-refractivity contribution is 5.74. The molecule has 0 aliphatic heterocycles. The van der Waals surface area contributed by atoms with Crippen LogP contribution < -0.4 is 4.90 Å². The Bertz CT molecular complexity index is 421. The molecule has 0 bridgehead atoms. The Morgan fingerprint density at radius 2 is 1.94 bits per heavy atom. The molecule has 0 aromatic heterocycles. The second-order valence-corrected chi connectivity index (χ2v) is 3.47. The predicted molar refractivity (Wildman–Crippen MR) is 53.3 cm³/mol. The van der Waals surface area contributed by atoms with E-state index in [1.54, 1.807) is 0 Å². The number of carboxylic acid groups (broad SMARTS) is 1. The molecule has 0 fully saturated rings. The number of aliphatic hydroxyl groups excluding tert-OH is 1. The van der Waals surface area contributed by atoms with E-state index in [-0.39, 0.29) is 11.3 Å². The van der Waals surface area contributed by atoms with Crippen LogP contribution in [0, 0.1) is 11.6 Å². The lowest BCUT2D eigenvalue weighted by Gasteiger charge is -2.16. The van der Waals surface area contributed by atoms with E-state index in [9.17, 15) is 18.7 Å². The zero-order valence-electron chi connectivity index (χ0n) is 8.74. The molecule has 1 aromatic rings. The largest absolute Gasteiger partial charge is 0.479 e. The van der Waals surface area contributed by atoms with E-state index in [0.717, 1.165) is 6.07 Å². The molecule has 1 aromatic carbocycles. The van der Waals surface area contributed by atoms with Gasteiger partial charge < -0.3 is 15.1 Å². The number of carboxylic acids is 1. The third-order valence-corrected chi connectivity index (χ3v) is 2.06. The van der Waals surface area contributed by atoms with Gasteiger partial charge in [-0.05, 0) is 17.7 Å². The molecule has 6 heteroatoms. The SMILES string of the molecule is CN(C)c1cc(C(O)C(=O)O)cc(F)c1F. The number of carbonyl (C=O) groups is 1. The number of aliphatic carboxylic acids is 1. The van der Waals surface area contributed by atoms with Crippen LogP contribution in [0.5, 0.6) is 0 Å². The minimum atomic E-state index is -1.87. The molecule has 88 valence electrons. The number of aliphatic hydroxyl groups is 1. The highest BCUT2D eigenvalue weighted by atomic mass is 19.2. The number of benzene rings is 1. The molecule has 0 aliphatic rings. The summed E-state index contributed by atoms with van der Waals surface area (Å²) in [7, 11) is 2.96. The number of halogens is 2. The van der Waals surface area contributed by atoms with E-state index < -0.39 is 23.7 Å². The lowest BCUT2D eigenvalue weighted by molar-refractivity contribution is -0.146. The summed E-state index contributed by atoms with van der Waals surface area (Å²) in [6.07, 6.45) is -1.87. The molecule has 1 rings (SSSR count). The summed E-state index contributed by atoms with van der Waals surface area (Å²) in [6.45, 7) is 0. The molecule has 1 atom stereocenters. The first-order valence-electron chi connectivity index (χ1n) is 4.41. The number of hydrogen-bond acceptors (Lipinski definition) is 3. The number of nitrogens with zero attached hydrogens (tertiary/aromatic N) is 1. The molecule has 0 aliphatic carbocycles. The molecule has 0 saturated heterocycles. The van der Waals surface area contributed by atoms with Gasteiger partial charge in [0.2, 0.25) is 0 Å². The van der Waals surface area contributed by atoms with Crippen LogP contribution in [0.4, 0.5) is 14.5 Å². The van der Waals surface area contributed by atoms with Gasteiger partial charge in [0.25, 0.3) is 0 Å². The zero-order chi connectivity index (χ0) is 12.5. The third-order valence-electron chi connectivity index (χ3n) is 2.06. The van der Waals surface area contributed by atoms with Crippen LogP contribution in [0.15, 0.2) is 12.1 Å². The average molecular weight is 231 g/mol. The van der Waals surface area contributed by atoms with Gasteiger partial charge in [-0.1, -0.05) is 0 Å². The Kier molecular flexibility index (Phi) is 3.44. The van der Waals surface area contributed by atoms with Gasteiger partial charge in [0.15, 0.2) is 17.7 Å². The predicted octanol–water partition coefficient (Wildman–Crippen LogP) is 1.15. The minimum absolute atomic E-state index is 0.115. The Balaban J connectivity index is 3.29. The van der Waals surface area contributed by atoms with Crippen LogP contribution in [-0.4, -0.2) is 30.3 Å². The molecule has 0 amide bonds. The van der Waals surface area contributed by atoms with Gasteiger partial charge in [-0.2, -0.15) is 0 Å². The van der Waals surface area contributed by atoms with Crippen LogP contribution in [-0.2, 0) is 4.79 Å². The van der Waals surface area contributed by atoms with Crippen LogP contribution in [0.3, 0.4) is 0 Å². The Hall–Kier alpha value is -1.69. The number of hydrogen-bond donors (Lipinski definition) is 2. The molecular formula is C10H11F2NO3. The summed E-state index contributed by atoms with van der Waals surface area (Å²) < 4.78 is 26.4. The van der Waals surface area contributed by atoms with Crippen molar-refractivity contribution < 1.29 is 23.8 Å². The first-order chi connectivity index (χ1) is 7.34. The first kappa shape index (κ1) is 12.4. The van der Waals surface area contributed by atoms with Crippen molar-refractivity contribution in [3.63, 3.8) is 0 Å². The lowest BCUT2D eigenvalue weighted by atomic mass is 10.1. The van der Waals surface area contributed by atoms with Crippen molar-refractivity contribution in [3.8, 4) is 0 Å². The van der Waals surface area contributed by atoms with Gasteiger partial charge in [0.05, 0.1) is 5.69 Å². The van der Waals surface area contributed by atoms with Crippen LogP contribution in [0.2, 0.25) is 0 Å². The fraction of sp³-hybridized carbons (Fsp3) is 0.300. The van der Waals surface area contributed by atoms with Crippen molar-refractivity contribution in [1.29, 1.82) is 0 Å². The van der Waals surface area contributed by atoms with Crippen molar-refractivity contribution in [1.82, 2.24) is 0 Å². The Morgan fingerprint density at radius 1 is 1.38 bits per heavy atom. The summed E-state index contributed by atoms with van der Waals surface area (Å²) in [5, 5.41) is 17.8. The maximum Gasteiger partial charge on any atom is 0.337 e. The lowest BCUT2D eigenvalue weighted by Crippen LogP contribution is -2.15. The minimum Gasteiger partial charge on any atom is -0.479 e. The standard InChI is InChI=1S/C10H11F2NO3/c1-13(2)7-4-5(9(14)10(15)16)3-6(11)8(7)12/h3-4,9,14H,1-2H3,(H,15,16). The third kappa shape index (κ3) is 2.27. The van der Waals surface area contributed by atoms with Gasteiger partial charge in [0.1, 0.15) is 0 Å². The summed E-state index contributed by atoms with van der Waals surface area (Å²) in [6, 6.07) is 1.76. The van der Waals surface area contributed by atoms with E-state index in [0.29, 0.717) is 6.07 Å². The molecule has 0 spiro atoms. The zero-order valence-corrected chi connectivity index (χ0v) is 8.74. The Morgan fingerprint density at radius 3 is 2.38 bits per heavy atom. The smallest absolute Gasteiger partial charge is 0.337 e. The quantitative estimate of drug-likeness (QED) is 0.819. The average Bonchev–Trinajstić information content (AvgIpc) is 2.20. The second kappa shape index (κ2) is 4.44. The molecule has 0 saturated carbocycles. The summed E-state index contributed by atoms with van der Waals surface area (Å²) >= 11 is 0. The molecule has 2 N–H and O–H groups in total. The summed E-state index contributed by atoms with van der Waals surface area (Å²) in [5.41, 5.74) is -0.314. The van der Waals surface area contributed by atoms with Gasteiger partial charge >= 0.3 is 5.97 Å². The van der Waals surface area contributed by atoms with Crippen molar-refractivity contribution in [3.05, 3.63) is 29.3 Å². The first-order valence-corrected chi connectivity index (χ1v) is 4.41. The fourth-order valence-corrected chi connectivity index (χ4v) is 1.22. The van der Waals surface area contributed by atoms with Crippen molar-refractivity contribution in [2.45, 2.75) is 6.10 Å². The van der Waals surface area contributed by atoms with Gasteiger partial charge in [-0.3, -0.25) is 0 Å². The molecular weight excluding hydrogens is 220 g/mol. The van der Waals surface area contributed by atoms with Crippen LogP contribution in [0.1, 0.15) is 11.7 Å². The normalized spacial score (nSPS) is 12.3. The molecule has 0 radical (unpaired) electrons. The topological polar surface area (TPSA) is 60.8 Å². The number of rotatable bonds is 3. The van der Waals surface area contributed by atoms with E-state index in [4.69, 9.17) is 5.11 Å². The number of anilines is 1. The van der Waals surface area contributed by atoms with Crippen molar-refractivity contribution in [2.24, 2.45) is 0 Å². The maximum atomic E-state index is 13.3. The van der Waals surface area contributed by atoms with Gasteiger partial charge in [-0.15, -0.1) is 0 Å². The molecule has 0 heterocycles. The van der Waals surface area contributed by atoms with Crippen LogP contribution in [0.25, 0.3) is 0 Å². The van der Waals surface area contributed by atoms with Crippen LogP contribution >= 0.6 is 0 Å². The summed E-state index contributed by atoms with van der Waals surface area (Å²) in [5.74, 6) is -3.79. The Labute approximate surface area is 90.7 Å². The monoisotopic (exact) mass is 231 g/mol. The van der Waals surface area contributed by atoms with Crippen molar-refractivity contribution >= 4 is 11.7 Å². The second-order valence-electron chi connectivity index (χ2n) is 3.47.